The molecule has 0 aliphatic carbocycles. The number of hydrogen-bond acceptors (Lipinski definition) is 2. The van der Waals surface area contributed by atoms with Gasteiger partial charge in [0.2, 0.25) is 0 Å². The van der Waals surface area contributed by atoms with Crippen LogP contribution in [0.5, 0.6) is 5.75 Å². The summed E-state index contributed by atoms with van der Waals surface area (Å²) in [7, 11) is 0. The summed E-state index contributed by atoms with van der Waals surface area (Å²) in [6.07, 6.45) is 1.02. The smallest absolute Gasteiger partial charge is 0.179 e. The second-order valence-corrected chi connectivity index (χ2v) is 9.09. The van der Waals surface area contributed by atoms with E-state index in [4.69, 9.17) is 11.6 Å². The molecule has 0 saturated carbocycles. The van der Waals surface area contributed by atoms with Gasteiger partial charge in [-0.25, -0.2) is 0 Å². The molecule has 1 heterocycles. The highest BCUT2D eigenvalue weighted by atomic mass is 35.5. The van der Waals surface area contributed by atoms with Crippen molar-refractivity contribution in [2.24, 2.45) is 0 Å². The SMILES string of the molecule is CC(C)(C)c1cc(CCC(=O)c2ccc(Cl)[nH]2)cc(C(C)(C)C)c1O. The zero-order valence-electron chi connectivity index (χ0n) is 16.0. The van der Waals surface area contributed by atoms with Crippen molar-refractivity contribution >= 4 is 17.4 Å². The predicted octanol–water partition coefficient (Wildman–Crippen LogP) is 5.78. The lowest BCUT2D eigenvalue weighted by Crippen LogP contribution is -2.18. The number of carbonyl (C=O) groups is 1. The molecule has 0 bridgehead atoms. The molecule has 1 aromatic carbocycles. The highest BCUT2D eigenvalue weighted by molar-refractivity contribution is 6.29. The summed E-state index contributed by atoms with van der Waals surface area (Å²) in [5.74, 6) is 0.404. The number of aromatic amines is 1. The van der Waals surface area contributed by atoms with Crippen molar-refractivity contribution < 1.29 is 9.90 Å². The van der Waals surface area contributed by atoms with Crippen molar-refractivity contribution in [3.05, 3.63) is 51.8 Å². The van der Waals surface area contributed by atoms with Gasteiger partial charge in [-0.1, -0.05) is 65.3 Å². The van der Waals surface area contributed by atoms with E-state index in [1.165, 1.54) is 0 Å². The molecule has 1 aromatic heterocycles. The van der Waals surface area contributed by atoms with Crippen molar-refractivity contribution in [2.75, 3.05) is 0 Å². The van der Waals surface area contributed by atoms with Gasteiger partial charge in [-0.2, -0.15) is 0 Å². The Morgan fingerprint density at radius 2 is 1.56 bits per heavy atom. The predicted molar refractivity (Wildman–Crippen MR) is 104 cm³/mol. The van der Waals surface area contributed by atoms with E-state index in [1.54, 1.807) is 12.1 Å². The van der Waals surface area contributed by atoms with E-state index >= 15 is 0 Å². The molecular formula is C21H28ClNO2. The lowest BCUT2D eigenvalue weighted by Gasteiger charge is -2.28. The highest BCUT2D eigenvalue weighted by Gasteiger charge is 2.26. The van der Waals surface area contributed by atoms with Crippen molar-refractivity contribution in [3.63, 3.8) is 0 Å². The van der Waals surface area contributed by atoms with E-state index in [-0.39, 0.29) is 16.6 Å². The minimum absolute atomic E-state index is 0.0367. The van der Waals surface area contributed by atoms with Gasteiger partial charge in [0.05, 0.1) is 5.69 Å². The topological polar surface area (TPSA) is 53.1 Å². The maximum atomic E-state index is 12.3. The first-order chi connectivity index (χ1) is 11.4. The molecule has 0 saturated heterocycles. The average Bonchev–Trinajstić information content (AvgIpc) is 2.90. The monoisotopic (exact) mass is 361 g/mol. The summed E-state index contributed by atoms with van der Waals surface area (Å²) < 4.78 is 0. The number of phenolic OH excluding ortho intramolecular Hbond substituents is 1. The summed E-state index contributed by atoms with van der Waals surface area (Å²) in [5.41, 5.74) is 3.11. The lowest BCUT2D eigenvalue weighted by atomic mass is 9.78. The number of hydrogen-bond donors (Lipinski definition) is 2. The van der Waals surface area contributed by atoms with Crippen LogP contribution in [0.15, 0.2) is 24.3 Å². The highest BCUT2D eigenvalue weighted by Crippen LogP contribution is 2.40. The van der Waals surface area contributed by atoms with E-state index in [2.05, 4.69) is 46.5 Å². The zero-order valence-corrected chi connectivity index (χ0v) is 16.7. The number of phenols is 1. The molecule has 4 heteroatoms. The number of aromatic nitrogens is 1. The van der Waals surface area contributed by atoms with E-state index in [0.717, 1.165) is 16.7 Å². The first-order valence-electron chi connectivity index (χ1n) is 8.64. The van der Waals surface area contributed by atoms with Crippen LogP contribution in [-0.4, -0.2) is 15.9 Å². The quantitative estimate of drug-likeness (QED) is 0.677. The number of halogens is 1. The fourth-order valence-electron chi connectivity index (χ4n) is 2.91. The van der Waals surface area contributed by atoms with E-state index < -0.39 is 0 Å². The van der Waals surface area contributed by atoms with Gasteiger partial charge in [-0.05, 0) is 46.1 Å². The van der Waals surface area contributed by atoms with E-state index in [0.29, 0.717) is 29.4 Å². The lowest BCUT2D eigenvalue weighted by molar-refractivity contribution is 0.0978. The van der Waals surface area contributed by atoms with Gasteiger partial charge < -0.3 is 10.1 Å². The standard InChI is InChI=1S/C21H28ClNO2/c1-20(2,3)14-11-13(12-15(19(14)25)21(4,5)6)7-9-17(24)16-8-10-18(22)23-16/h8,10-12,23,25H,7,9H2,1-6H3. The number of carbonyl (C=O) groups excluding carboxylic acids is 1. The molecule has 2 N–H and O–H groups in total. The Bertz CT molecular complexity index is 741. The molecule has 2 rings (SSSR count). The summed E-state index contributed by atoms with van der Waals surface area (Å²) in [4.78, 5) is 15.2. The van der Waals surface area contributed by atoms with Crippen LogP contribution in [0, 0.1) is 0 Å². The van der Waals surface area contributed by atoms with Gasteiger partial charge in [0.1, 0.15) is 10.9 Å². The largest absolute Gasteiger partial charge is 0.507 e. The molecule has 3 nitrogen and oxygen atoms in total. The molecule has 0 unspecified atom stereocenters. The number of Topliss-reactive ketones (excluding diaryl/α,β-unsaturated/α-hetero) is 1. The maximum Gasteiger partial charge on any atom is 0.179 e. The maximum absolute atomic E-state index is 12.3. The Morgan fingerprint density at radius 1 is 1.04 bits per heavy atom. The fourth-order valence-corrected chi connectivity index (χ4v) is 3.07. The second kappa shape index (κ2) is 6.87. The molecule has 136 valence electrons. The van der Waals surface area contributed by atoms with Crippen LogP contribution >= 0.6 is 11.6 Å². The summed E-state index contributed by atoms with van der Waals surface area (Å²) in [6.45, 7) is 12.5. The minimum Gasteiger partial charge on any atom is -0.507 e. The third-order valence-corrected chi connectivity index (χ3v) is 4.60. The second-order valence-electron chi connectivity index (χ2n) is 8.68. The first kappa shape index (κ1) is 19.6. The average molecular weight is 362 g/mol. The third kappa shape index (κ3) is 4.66. The molecule has 0 atom stereocenters. The van der Waals surface area contributed by atoms with Crippen LogP contribution in [0.4, 0.5) is 0 Å². The molecule has 0 fully saturated rings. The zero-order chi connectivity index (χ0) is 19.0. The number of aromatic hydroxyl groups is 1. The molecular weight excluding hydrogens is 334 g/mol. The van der Waals surface area contributed by atoms with Crippen molar-refractivity contribution in [2.45, 2.75) is 65.2 Å². The normalized spacial score (nSPS) is 12.4. The number of nitrogens with one attached hydrogen (secondary N) is 1. The molecule has 2 aromatic rings. The number of H-pyrrole nitrogens is 1. The van der Waals surface area contributed by atoms with Crippen LogP contribution in [0.2, 0.25) is 5.15 Å². The molecule has 0 aliphatic heterocycles. The van der Waals surface area contributed by atoms with Crippen molar-refractivity contribution in [1.82, 2.24) is 4.98 Å². The Morgan fingerprint density at radius 3 is 1.96 bits per heavy atom. The number of rotatable bonds is 4. The Labute approximate surface area is 155 Å². The van der Waals surface area contributed by atoms with Crippen LogP contribution in [0.3, 0.4) is 0 Å². The van der Waals surface area contributed by atoms with Gasteiger partial charge in [0, 0.05) is 6.42 Å². The summed E-state index contributed by atoms with van der Waals surface area (Å²) in [5, 5.41) is 11.2. The Balaban J connectivity index is 2.33. The molecule has 0 spiro atoms. The molecule has 0 amide bonds. The van der Waals surface area contributed by atoms with Crippen molar-refractivity contribution in [1.29, 1.82) is 0 Å². The van der Waals surface area contributed by atoms with Gasteiger partial charge in [0.15, 0.2) is 5.78 Å². The fraction of sp³-hybridized carbons (Fsp3) is 0.476. The van der Waals surface area contributed by atoms with E-state index in [1.807, 2.05) is 12.1 Å². The number of benzene rings is 1. The van der Waals surface area contributed by atoms with Crippen LogP contribution in [-0.2, 0) is 17.3 Å². The van der Waals surface area contributed by atoms with Crippen LogP contribution < -0.4 is 0 Å². The van der Waals surface area contributed by atoms with Crippen LogP contribution in [0.25, 0.3) is 0 Å². The minimum atomic E-state index is -0.170. The van der Waals surface area contributed by atoms with E-state index in [9.17, 15) is 9.90 Å². The molecule has 0 aliphatic rings. The van der Waals surface area contributed by atoms with Gasteiger partial charge in [0.25, 0.3) is 0 Å². The third-order valence-electron chi connectivity index (χ3n) is 4.38. The van der Waals surface area contributed by atoms with Gasteiger partial charge in [-0.15, -0.1) is 0 Å². The first-order valence-corrected chi connectivity index (χ1v) is 9.02. The van der Waals surface area contributed by atoms with Crippen molar-refractivity contribution in [3.8, 4) is 5.75 Å². The number of aryl methyl sites for hydroxylation is 1. The van der Waals surface area contributed by atoms with Gasteiger partial charge in [-0.3, -0.25) is 4.79 Å². The summed E-state index contributed by atoms with van der Waals surface area (Å²) in [6, 6.07) is 7.45. The van der Waals surface area contributed by atoms with Gasteiger partial charge >= 0.3 is 0 Å². The Kier molecular flexibility index (Phi) is 5.38. The van der Waals surface area contributed by atoms with Crippen LogP contribution in [0.1, 0.15) is 75.1 Å². The molecule has 0 radical (unpaired) electrons. The Hall–Kier alpha value is -1.74. The number of ketones is 1. The molecule has 25 heavy (non-hydrogen) atoms. The summed E-state index contributed by atoms with van der Waals surface area (Å²) >= 11 is 5.85.